The Labute approximate surface area is 184 Å². The molecule has 0 spiro atoms. The SMILES string of the molecule is COCCNC(=O)c1ccc(OC2CCN([C@@H](C)CC(C)(C)SC)CC2)c(Cl)c1. The van der Waals surface area contributed by atoms with E-state index in [1.54, 1.807) is 25.3 Å². The Bertz CT molecular complexity index is 663. The molecule has 0 radical (unpaired) electrons. The molecule has 7 heteroatoms. The number of carbonyl (C=O) groups excluding carboxylic acids is 1. The fourth-order valence-electron chi connectivity index (χ4n) is 3.64. The topological polar surface area (TPSA) is 50.8 Å². The quantitative estimate of drug-likeness (QED) is 0.541. The van der Waals surface area contributed by atoms with Crippen molar-refractivity contribution >= 4 is 29.3 Å². The summed E-state index contributed by atoms with van der Waals surface area (Å²) in [5.74, 6) is 0.487. The van der Waals surface area contributed by atoms with Crippen LogP contribution in [0.4, 0.5) is 0 Å². The monoisotopic (exact) mass is 442 g/mol. The predicted octanol–water partition coefficient (Wildman–Crippen LogP) is 4.48. The summed E-state index contributed by atoms with van der Waals surface area (Å²) < 4.78 is 11.4. The highest BCUT2D eigenvalue weighted by molar-refractivity contribution is 7.99. The van der Waals surface area contributed by atoms with Gasteiger partial charge in [-0.3, -0.25) is 4.79 Å². The lowest BCUT2D eigenvalue weighted by Gasteiger charge is -2.38. The highest BCUT2D eigenvalue weighted by Gasteiger charge is 2.28. The van der Waals surface area contributed by atoms with E-state index in [9.17, 15) is 4.79 Å². The zero-order valence-corrected chi connectivity index (χ0v) is 19.9. The second-order valence-corrected chi connectivity index (χ2v) is 10.2. The first-order valence-corrected chi connectivity index (χ1v) is 11.9. The zero-order valence-electron chi connectivity index (χ0n) is 18.3. The Morgan fingerprint density at radius 2 is 2.07 bits per heavy atom. The largest absolute Gasteiger partial charge is 0.489 e. The van der Waals surface area contributed by atoms with Crippen molar-refractivity contribution in [2.75, 3.05) is 39.6 Å². The minimum Gasteiger partial charge on any atom is -0.489 e. The molecule has 1 saturated heterocycles. The average Bonchev–Trinajstić information content (AvgIpc) is 2.69. The number of ether oxygens (including phenoxy) is 2. The Balaban J connectivity index is 1.85. The standard InChI is InChI=1S/C22H35ClN2O3S/c1-16(15-22(2,3)29-5)25-11-8-18(9-12-25)28-20-7-6-17(14-19(20)23)21(26)24-10-13-27-4/h6-7,14,16,18H,8-13,15H2,1-5H3,(H,24,26)/t16-/m0/s1. The van der Waals surface area contributed by atoms with E-state index in [0.29, 0.717) is 40.3 Å². The number of piperidine rings is 1. The van der Waals surface area contributed by atoms with Crippen LogP contribution in [0.2, 0.25) is 5.02 Å². The van der Waals surface area contributed by atoms with E-state index >= 15 is 0 Å². The minimum atomic E-state index is -0.161. The van der Waals surface area contributed by atoms with Crippen molar-refractivity contribution in [1.29, 1.82) is 0 Å². The number of nitrogens with zero attached hydrogens (tertiary/aromatic N) is 1. The molecule has 1 aliphatic heterocycles. The molecule has 0 unspecified atom stereocenters. The molecule has 1 aromatic carbocycles. The molecule has 2 rings (SSSR count). The number of thioether (sulfide) groups is 1. The molecule has 0 aromatic heterocycles. The molecule has 1 fully saturated rings. The van der Waals surface area contributed by atoms with Crippen molar-refractivity contribution in [3.05, 3.63) is 28.8 Å². The molecule has 1 aliphatic rings. The fourth-order valence-corrected chi connectivity index (χ4v) is 4.28. The molecule has 5 nitrogen and oxygen atoms in total. The minimum absolute atomic E-state index is 0.158. The number of methoxy groups -OCH3 is 1. The van der Waals surface area contributed by atoms with E-state index in [1.807, 2.05) is 11.8 Å². The maximum Gasteiger partial charge on any atom is 0.251 e. The van der Waals surface area contributed by atoms with Crippen molar-refractivity contribution in [3.63, 3.8) is 0 Å². The number of hydrogen-bond acceptors (Lipinski definition) is 5. The molecule has 1 atom stereocenters. The number of nitrogens with one attached hydrogen (secondary N) is 1. The van der Waals surface area contributed by atoms with E-state index < -0.39 is 0 Å². The Kier molecular flexibility index (Phi) is 9.60. The first kappa shape index (κ1) is 24.3. The van der Waals surface area contributed by atoms with Gasteiger partial charge < -0.3 is 19.7 Å². The summed E-state index contributed by atoms with van der Waals surface area (Å²) in [5.41, 5.74) is 0.526. The van der Waals surface area contributed by atoms with Crippen LogP contribution in [-0.2, 0) is 4.74 Å². The van der Waals surface area contributed by atoms with Crippen LogP contribution in [0.15, 0.2) is 18.2 Å². The first-order valence-electron chi connectivity index (χ1n) is 10.3. The highest BCUT2D eigenvalue weighted by Crippen LogP contribution is 2.31. The average molecular weight is 443 g/mol. The summed E-state index contributed by atoms with van der Waals surface area (Å²) in [7, 11) is 1.60. The number of benzene rings is 1. The molecule has 1 aromatic rings. The van der Waals surface area contributed by atoms with Gasteiger partial charge in [0.05, 0.1) is 11.6 Å². The summed E-state index contributed by atoms with van der Waals surface area (Å²) >= 11 is 8.31. The van der Waals surface area contributed by atoms with Crippen LogP contribution in [0, 0.1) is 0 Å². The van der Waals surface area contributed by atoms with E-state index in [0.717, 1.165) is 25.9 Å². The molecule has 1 heterocycles. The number of amides is 1. The first-order chi connectivity index (χ1) is 13.8. The van der Waals surface area contributed by atoms with E-state index in [-0.39, 0.29) is 12.0 Å². The van der Waals surface area contributed by atoms with Crippen LogP contribution in [0.5, 0.6) is 5.75 Å². The summed E-state index contributed by atoms with van der Waals surface area (Å²) in [6.07, 6.45) is 5.50. The molecule has 29 heavy (non-hydrogen) atoms. The van der Waals surface area contributed by atoms with Crippen molar-refractivity contribution < 1.29 is 14.3 Å². The Morgan fingerprint density at radius 3 is 2.66 bits per heavy atom. The Morgan fingerprint density at radius 1 is 1.38 bits per heavy atom. The molecular weight excluding hydrogens is 408 g/mol. The number of likely N-dealkylation sites (tertiary alicyclic amines) is 1. The molecule has 0 aliphatic carbocycles. The van der Waals surface area contributed by atoms with Gasteiger partial charge in [-0.2, -0.15) is 11.8 Å². The predicted molar refractivity (Wildman–Crippen MR) is 123 cm³/mol. The van der Waals surface area contributed by atoms with Crippen LogP contribution in [0.3, 0.4) is 0 Å². The van der Waals surface area contributed by atoms with Crippen molar-refractivity contribution in [2.45, 2.75) is 56.9 Å². The van der Waals surface area contributed by atoms with Gasteiger partial charge >= 0.3 is 0 Å². The van der Waals surface area contributed by atoms with Crippen LogP contribution < -0.4 is 10.1 Å². The zero-order chi connectivity index (χ0) is 21.4. The van der Waals surface area contributed by atoms with Crippen LogP contribution in [0.1, 0.15) is 50.4 Å². The molecule has 1 amide bonds. The van der Waals surface area contributed by atoms with Crippen LogP contribution in [-0.4, -0.2) is 67.3 Å². The molecule has 0 bridgehead atoms. The number of carbonyl (C=O) groups is 1. The van der Waals surface area contributed by atoms with E-state index in [4.69, 9.17) is 21.1 Å². The third-order valence-electron chi connectivity index (χ3n) is 5.52. The van der Waals surface area contributed by atoms with Gasteiger partial charge in [-0.15, -0.1) is 0 Å². The molecular formula is C22H35ClN2O3S. The van der Waals surface area contributed by atoms with Gasteiger partial charge in [0.2, 0.25) is 0 Å². The molecule has 164 valence electrons. The lowest BCUT2D eigenvalue weighted by atomic mass is 9.99. The number of rotatable bonds is 10. The highest BCUT2D eigenvalue weighted by atomic mass is 35.5. The van der Waals surface area contributed by atoms with Gasteiger partial charge in [-0.1, -0.05) is 25.4 Å². The third-order valence-corrected chi connectivity index (χ3v) is 7.09. The van der Waals surface area contributed by atoms with Gasteiger partial charge in [0, 0.05) is 43.1 Å². The van der Waals surface area contributed by atoms with Gasteiger partial charge in [-0.25, -0.2) is 0 Å². The second kappa shape index (κ2) is 11.4. The van der Waals surface area contributed by atoms with Gasteiger partial charge in [0.25, 0.3) is 5.91 Å². The third kappa shape index (κ3) is 7.67. The fraction of sp³-hybridized carbons (Fsp3) is 0.682. The summed E-state index contributed by atoms with van der Waals surface area (Å²) in [5, 5.41) is 3.27. The molecule has 1 N–H and O–H groups in total. The van der Waals surface area contributed by atoms with Crippen molar-refractivity contribution in [2.24, 2.45) is 0 Å². The lowest BCUT2D eigenvalue weighted by Crippen LogP contribution is -2.44. The van der Waals surface area contributed by atoms with Crippen LogP contribution in [0.25, 0.3) is 0 Å². The summed E-state index contributed by atoms with van der Waals surface area (Å²) in [6, 6.07) is 5.79. The van der Waals surface area contributed by atoms with Crippen molar-refractivity contribution in [3.8, 4) is 5.75 Å². The maximum absolute atomic E-state index is 12.1. The van der Waals surface area contributed by atoms with E-state index in [1.165, 1.54) is 6.42 Å². The van der Waals surface area contributed by atoms with Gasteiger partial charge in [0.15, 0.2) is 0 Å². The number of hydrogen-bond donors (Lipinski definition) is 1. The summed E-state index contributed by atoms with van der Waals surface area (Å²) in [6.45, 7) is 9.97. The molecule has 0 saturated carbocycles. The number of halogens is 1. The normalized spacial score (nSPS) is 17.2. The van der Waals surface area contributed by atoms with E-state index in [2.05, 4.69) is 37.2 Å². The van der Waals surface area contributed by atoms with Gasteiger partial charge in [0.1, 0.15) is 11.9 Å². The van der Waals surface area contributed by atoms with Crippen molar-refractivity contribution in [1.82, 2.24) is 10.2 Å². The second-order valence-electron chi connectivity index (χ2n) is 8.26. The lowest BCUT2D eigenvalue weighted by molar-refractivity contribution is 0.0754. The maximum atomic E-state index is 12.1. The summed E-state index contributed by atoms with van der Waals surface area (Å²) in [4.78, 5) is 14.7. The van der Waals surface area contributed by atoms with Crippen LogP contribution >= 0.6 is 23.4 Å². The van der Waals surface area contributed by atoms with Gasteiger partial charge in [-0.05, 0) is 50.6 Å². The Hall–Kier alpha value is -0.950. The smallest absolute Gasteiger partial charge is 0.251 e.